The fraction of sp³-hybridized carbons (Fsp3) is 0.760. The minimum Gasteiger partial charge on any atom is -0.462 e. The van der Waals surface area contributed by atoms with Gasteiger partial charge in [0.2, 0.25) is 0 Å². The summed E-state index contributed by atoms with van der Waals surface area (Å²) in [6.45, 7) is 6.45. The molecule has 1 heterocycles. The number of Topliss-reactive ketones (excluding diaryl/α,β-unsaturated/α-hetero) is 1. The van der Waals surface area contributed by atoms with Crippen LogP contribution in [-0.4, -0.2) is 17.9 Å². The minimum atomic E-state index is -0.107. The third-order valence-corrected chi connectivity index (χ3v) is 8.07. The molecule has 3 heteroatoms. The van der Waals surface area contributed by atoms with Gasteiger partial charge in [-0.25, -0.2) is 0 Å². The summed E-state index contributed by atoms with van der Waals surface area (Å²) < 4.78 is 5.84. The first-order valence-electron chi connectivity index (χ1n) is 11.6. The van der Waals surface area contributed by atoms with Gasteiger partial charge >= 0.3 is 5.97 Å². The van der Waals surface area contributed by atoms with E-state index in [1.54, 1.807) is 0 Å². The first-order chi connectivity index (χ1) is 13.5. The van der Waals surface area contributed by atoms with E-state index in [-0.39, 0.29) is 23.9 Å². The van der Waals surface area contributed by atoms with Gasteiger partial charge in [0.25, 0.3) is 0 Å². The standard InChI is InChI=1S/C25H36O3/c1-4-17-9-6-5-8-15(2)25(27)23-13-21-19-11-7-10-18(19)16(3)12-20(21)22(23)14-24(26)28-17/h12-13,15,17-22H,4-11,14H2,1-3H3/t15?,17?,18?,19?,20-,21+,22?/m1/s1. The molecule has 0 aromatic heterocycles. The van der Waals surface area contributed by atoms with Crippen LogP contribution in [0.5, 0.6) is 0 Å². The van der Waals surface area contributed by atoms with Crippen LogP contribution >= 0.6 is 0 Å². The Hall–Kier alpha value is -1.38. The molecular weight excluding hydrogens is 348 g/mol. The summed E-state index contributed by atoms with van der Waals surface area (Å²) in [5.74, 6) is 2.35. The highest BCUT2D eigenvalue weighted by Gasteiger charge is 2.49. The average molecular weight is 385 g/mol. The molecule has 3 aliphatic carbocycles. The maximum Gasteiger partial charge on any atom is 0.306 e. The molecule has 0 bridgehead atoms. The van der Waals surface area contributed by atoms with Crippen molar-refractivity contribution in [1.29, 1.82) is 0 Å². The molecule has 7 atom stereocenters. The molecule has 28 heavy (non-hydrogen) atoms. The van der Waals surface area contributed by atoms with Crippen LogP contribution in [0.25, 0.3) is 0 Å². The van der Waals surface area contributed by atoms with Crippen LogP contribution in [0.2, 0.25) is 0 Å². The Morgan fingerprint density at radius 3 is 2.54 bits per heavy atom. The lowest BCUT2D eigenvalue weighted by molar-refractivity contribution is -0.150. The van der Waals surface area contributed by atoms with Gasteiger partial charge in [0.15, 0.2) is 5.78 Å². The number of rotatable bonds is 1. The highest BCUT2D eigenvalue weighted by Crippen LogP contribution is 2.55. The van der Waals surface area contributed by atoms with Crippen molar-refractivity contribution in [3.05, 3.63) is 23.3 Å². The number of carbonyl (C=O) groups is 2. The molecule has 1 saturated carbocycles. The molecule has 0 spiro atoms. The molecule has 0 aromatic rings. The fourth-order valence-electron chi connectivity index (χ4n) is 6.50. The van der Waals surface area contributed by atoms with Gasteiger partial charge in [0.1, 0.15) is 6.10 Å². The molecule has 3 nitrogen and oxygen atoms in total. The Morgan fingerprint density at radius 1 is 0.964 bits per heavy atom. The Balaban J connectivity index is 1.66. The van der Waals surface area contributed by atoms with Gasteiger partial charge in [0, 0.05) is 11.8 Å². The minimum absolute atomic E-state index is 0.0147. The van der Waals surface area contributed by atoms with E-state index in [4.69, 9.17) is 4.74 Å². The summed E-state index contributed by atoms with van der Waals surface area (Å²) in [6.07, 6.45) is 13.8. The van der Waals surface area contributed by atoms with Gasteiger partial charge in [-0.2, -0.15) is 0 Å². The van der Waals surface area contributed by atoms with Gasteiger partial charge < -0.3 is 4.74 Å². The fourth-order valence-corrected chi connectivity index (χ4v) is 6.50. The number of cyclic esters (lactones) is 1. The lowest BCUT2D eigenvalue weighted by Gasteiger charge is -2.37. The molecule has 0 radical (unpaired) electrons. The van der Waals surface area contributed by atoms with Gasteiger partial charge in [-0.1, -0.05) is 44.4 Å². The number of allylic oxidation sites excluding steroid dienone is 4. The van der Waals surface area contributed by atoms with Crippen molar-refractivity contribution < 1.29 is 14.3 Å². The van der Waals surface area contributed by atoms with Crippen molar-refractivity contribution in [2.75, 3.05) is 0 Å². The van der Waals surface area contributed by atoms with Crippen LogP contribution in [0.4, 0.5) is 0 Å². The molecule has 2 fully saturated rings. The van der Waals surface area contributed by atoms with E-state index in [1.165, 1.54) is 24.8 Å². The molecular formula is C25H36O3. The third kappa shape index (κ3) is 3.62. The number of ketones is 1. The summed E-state index contributed by atoms with van der Waals surface area (Å²) in [4.78, 5) is 26.1. The van der Waals surface area contributed by atoms with Gasteiger partial charge in [-0.3, -0.25) is 9.59 Å². The molecule has 0 aromatic carbocycles. The number of hydrogen-bond donors (Lipinski definition) is 0. The predicted molar refractivity (Wildman–Crippen MR) is 111 cm³/mol. The number of carbonyl (C=O) groups excluding carboxylic acids is 2. The van der Waals surface area contributed by atoms with Crippen LogP contribution in [0, 0.1) is 35.5 Å². The van der Waals surface area contributed by atoms with Crippen LogP contribution in [0.15, 0.2) is 23.3 Å². The quantitative estimate of drug-likeness (QED) is 0.434. The maximum absolute atomic E-state index is 13.3. The monoisotopic (exact) mass is 384 g/mol. The molecule has 5 unspecified atom stereocenters. The number of esters is 1. The van der Waals surface area contributed by atoms with E-state index in [2.05, 4.69) is 32.9 Å². The average Bonchev–Trinajstić information content (AvgIpc) is 3.29. The molecule has 1 aliphatic heterocycles. The summed E-state index contributed by atoms with van der Waals surface area (Å²) in [7, 11) is 0. The van der Waals surface area contributed by atoms with Crippen molar-refractivity contribution in [2.24, 2.45) is 35.5 Å². The van der Waals surface area contributed by atoms with Crippen LogP contribution in [0.1, 0.15) is 78.6 Å². The first-order valence-corrected chi connectivity index (χ1v) is 11.6. The van der Waals surface area contributed by atoms with Gasteiger partial charge in [-0.15, -0.1) is 0 Å². The number of fused-ring (bicyclic) bond motifs is 5. The lowest BCUT2D eigenvalue weighted by Crippen LogP contribution is -2.32. The number of ether oxygens (including phenoxy) is 1. The number of hydrogen-bond acceptors (Lipinski definition) is 3. The highest BCUT2D eigenvalue weighted by atomic mass is 16.5. The molecule has 1 saturated heterocycles. The zero-order valence-corrected chi connectivity index (χ0v) is 17.8. The Bertz CT molecular complexity index is 688. The zero-order valence-electron chi connectivity index (χ0n) is 17.8. The first kappa shape index (κ1) is 19.9. The van der Waals surface area contributed by atoms with Crippen LogP contribution in [-0.2, 0) is 14.3 Å². The van der Waals surface area contributed by atoms with Crippen LogP contribution in [0.3, 0.4) is 0 Å². The second kappa shape index (κ2) is 8.16. The molecule has 154 valence electrons. The lowest BCUT2D eigenvalue weighted by atomic mass is 9.67. The van der Waals surface area contributed by atoms with E-state index in [0.717, 1.165) is 37.7 Å². The third-order valence-electron chi connectivity index (χ3n) is 8.07. The van der Waals surface area contributed by atoms with E-state index in [1.807, 2.05) is 0 Å². The molecule has 4 rings (SSSR count). The van der Waals surface area contributed by atoms with E-state index in [0.29, 0.717) is 35.9 Å². The second-order valence-corrected chi connectivity index (χ2v) is 9.77. The molecule has 0 N–H and O–H groups in total. The van der Waals surface area contributed by atoms with Crippen molar-refractivity contribution in [3.63, 3.8) is 0 Å². The summed E-state index contributed by atoms with van der Waals surface area (Å²) in [5.41, 5.74) is 2.44. The smallest absolute Gasteiger partial charge is 0.306 e. The largest absolute Gasteiger partial charge is 0.462 e. The zero-order chi connectivity index (χ0) is 19.8. The normalized spacial score (nSPS) is 41.6. The van der Waals surface area contributed by atoms with Crippen molar-refractivity contribution in [2.45, 2.75) is 84.7 Å². The summed E-state index contributed by atoms with van der Waals surface area (Å²) in [5, 5.41) is 0. The van der Waals surface area contributed by atoms with Gasteiger partial charge in [-0.05, 0) is 74.7 Å². The van der Waals surface area contributed by atoms with E-state index in [9.17, 15) is 9.59 Å². The SMILES string of the molecule is CCC1CCCCC(C)C(=O)C2=C[C@H]3C4CCCC4C(C)=C[C@H]3C2CC(=O)O1. The van der Waals surface area contributed by atoms with Gasteiger partial charge in [0.05, 0.1) is 6.42 Å². The Kier molecular flexibility index (Phi) is 5.81. The maximum atomic E-state index is 13.3. The van der Waals surface area contributed by atoms with Crippen molar-refractivity contribution >= 4 is 11.8 Å². The van der Waals surface area contributed by atoms with E-state index >= 15 is 0 Å². The second-order valence-electron chi connectivity index (χ2n) is 9.77. The predicted octanol–water partition coefficient (Wildman–Crippen LogP) is 5.64. The van der Waals surface area contributed by atoms with Crippen LogP contribution < -0.4 is 0 Å². The van der Waals surface area contributed by atoms with Crippen molar-refractivity contribution in [1.82, 2.24) is 0 Å². The Morgan fingerprint density at radius 2 is 1.75 bits per heavy atom. The topological polar surface area (TPSA) is 43.4 Å². The highest BCUT2D eigenvalue weighted by molar-refractivity contribution is 5.98. The summed E-state index contributed by atoms with van der Waals surface area (Å²) >= 11 is 0. The Labute approximate surface area is 170 Å². The van der Waals surface area contributed by atoms with E-state index < -0.39 is 0 Å². The molecule has 4 aliphatic rings. The molecule has 0 amide bonds. The summed E-state index contributed by atoms with van der Waals surface area (Å²) in [6, 6.07) is 0. The van der Waals surface area contributed by atoms with Crippen molar-refractivity contribution in [3.8, 4) is 0 Å².